The Kier molecular flexibility index (Phi) is 4.27. The van der Waals surface area contributed by atoms with E-state index < -0.39 is 5.97 Å². The van der Waals surface area contributed by atoms with Crippen molar-refractivity contribution in [3.8, 4) is 0 Å². The Morgan fingerprint density at radius 1 is 1.18 bits per heavy atom. The lowest BCUT2D eigenvalue weighted by molar-refractivity contribution is -0.136. The van der Waals surface area contributed by atoms with E-state index in [-0.39, 0.29) is 6.42 Å². The molecule has 1 aromatic heterocycles. The fourth-order valence-corrected chi connectivity index (χ4v) is 3.37. The van der Waals surface area contributed by atoms with Crippen LogP contribution in [0.2, 0.25) is 0 Å². The number of hydrogen-bond donors (Lipinski definition) is 1. The normalized spacial score (nSPS) is 15.8. The maximum absolute atomic E-state index is 11.3. The third kappa shape index (κ3) is 2.91. The van der Waals surface area contributed by atoms with Crippen LogP contribution in [0.5, 0.6) is 0 Å². The molecule has 0 atom stereocenters. The molecular formula is C18H22N2O2. The van der Waals surface area contributed by atoms with E-state index in [1.165, 1.54) is 25.7 Å². The number of fused-ring (bicyclic) bond motifs is 1. The molecule has 2 aromatic rings. The predicted octanol–water partition coefficient (Wildman–Crippen LogP) is 3.55. The standard InChI is InChI=1S/C18H22N2O2/c1-13-15(12-17(21)22)18(20-10-6-2-3-7-11-20)14-8-4-5-9-16(14)19-13/h4-5,8-9H,2-3,6-7,10-12H2,1H3,(H,21,22). The summed E-state index contributed by atoms with van der Waals surface area (Å²) in [5.74, 6) is -0.795. The van der Waals surface area contributed by atoms with Crippen molar-refractivity contribution in [2.75, 3.05) is 18.0 Å². The number of pyridine rings is 1. The number of aliphatic carboxylic acids is 1. The summed E-state index contributed by atoms with van der Waals surface area (Å²) in [4.78, 5) is 18.3. The van der Waals surface area contributed by atoms with Gasteiger partial charge in [-0.1, -0.05) is 31.0 Å². The molecule has 2 heterocycles. The first-order chi connectivity index (χ1) is 10.7. The summed E-state index contributed by atoms with van der Waals surface area (Å²) in [7, 11) is 0. The van der Waals surface area contributed by atoms with Crippen molar-refractivity contribution in [1.29, 1.82) is 0 Å². The van der Waals surface area contributed by atoms with E-state index in [1.54, 1.807) is 0 Å². The van der Waals surface area contributed by atoms with Crippen LogP contribution in [0.4, 0.5) is 5.69 Å². The highest BCUT2D eigenvalue weighted by atomic mass is 16.4. The van der Waals surface area contributed by atoms with Crippen LogP contribution < -0.4 is 4.90 Å². The molecule has 1 aliphatic heterocycles. The minimum absolute atomic E-state index is 0.0372. The zero-order valence-corrected chi connectivity index (χ0v) is 13.0. The van der Waals surface area contributed by atoms with Gasteiger partial charge in [-0.3, -0.25) is 9.78 Å². The molecule has 0 bridgehead atoms. The molecule has 0 saturated carbocycles. The zero-order chi connectivity index (χ0) is 15.5. The van der Waals surface area contributed by atoms with E-state index in [0.29, 0.717) is 0 Å². The second-order valence-corrected chi connectivity index (χ2v) is 6.01. The van der Waals surface area contributed by atoms with Gasteiger partial charge in [0.05, 0.1) is 17.6 Å². The summed E-state index contributed by atoms with van der Waals surface area (Å²) in [6.07, 6.45) is 4.89. The molecule has 1 aromatic carbocycles. The van der Waals surface area contributed by atoms with Crippen molar-refractivity contribution < 1.29 is 9.90 Å². The number of aromatic nitrogens is 1. The molecule has 0 radical (unpaired) electrons. The van der Waals surface area contributed by atoms with Crippen LogP contribution in [-0.4, -0.2) is 29.1 Å². The maximum atomic E-state index is 11.3. The summed E-state index contributed by atoms with van der Waals surface area (Å²) in [6, 6.07) is 8.06. The Hall–Kier alpha value is -2.10. The number of aryl methyl sites for hydroxylation is 1. The van der Waals surface area contributed by atoms with Crippen LogP contribution in [0.3, 0.4) is 0 Å². The number of carboxylic acid groups (broad SMARTS) is 1. The SMILES string of the molecule is Cc1nc2ccccc2c(N2CCCCCC2)c1CC(=O)O. The number of hydrogen-bond acceptors (Lipinski definition) is 3. The lowest BCUT2D eigenvalue weighted by Gasteiger charge is -2.27. The lowest BCUT2D eigenvalue weighted by Crippen LogP contribution is -2.26. The van der Waals surface area contributed by atoms with Crippen molar-refractivity contribution >= 4 is 22.6 Å². The van der Waals surface area contributed by atoms with Gasteiger partial charge in [-0.25, -0.2) is 0 Å². The van der Waals surface area contributed by atoms with Crippen LogP contribution in [0.15, 0.2) is 24.3 Å². The fourth-order valence-electron chi connectivity index (χ4n) is 3.37. The van der Waals surface area contributed by atoms with Crippen molar-refractivity contribution in [1.82, 2.24) is 4.98 Å². The number of carbonyl (C=O) groups is 1. The second kappa shape index (κ2) is 6.34. The Morgan fingerprint density at radius 3 is 2.55 bits per heavy atom. The first-order valence-electron chi connectivity index (χ1n) is 8.02. The van der Waals surface area contributed by atoms with Gasteiger partial charge in [0.25, 0.3) is 0 Å². The smallest absolute Gasteiger partial charge is 0.307 e. The Bertz CT molecular complexity index is 689. The molecule has 116 valence electrons. The van der Waals surface area contributed by atoms with Gasteiger partial charge < -0.3 is 10.0 Å². The van der Waals surface area contributed by atoms with E-state index in [9.17, 15) is 9.90 Å². The average Bonchev–Trinajstić information content (AvgIpc) is 2.76. The molecule has 4 heteroatoms. The van der Waals surface area contributed by atoms with Gasteiger partial charge in [-0.05, 0) is 25.8 Å². The fraction of sp³-hybridized carbons (Fsp3) is 0.444. The summed E-state index contributed by atoms with van der Waals surface area (Å²) < 4.78 is 0. The number of rotatable bonds is 3. The Balaban J connectivity index is 2.19. The highest BCUT2D eigenvalue weighted by Gasteiger charge is 2.20. The van der Waals surface area contributed by atoms with Gasteiger partial charge >= 0.3 is 5.97 Å². The summed E-state index contributed by atoms with van der Waals surface area (Å²) in [6.45, 7) is 3.92. The van der Waals surface area contributed by atoms with E-state index >= 15 is 0 Å². The third-order valence-corrected chi connectivity index (χ3v) is 4.42. The van der Waals surface area contributed by atoms with Gasteiger partial charge in [0.1, 0.15) is 0 Å². The lowest BCUT2D eigenvalue weighted by atomic mass is 10.0. The van der Waals surface area contributed by atoms with Crippen molar-refractivity contribution in [3.63, 3.8) is 0 Å². The molecule has 0 spiro atoms. The van der Waals surface area contributed by atoms with Crippen LogP contribution in [0.1, 0.15) is 36.9 Å². The summed E-state index contributed by atoms with van der Waals surface area (Å²) in [5, 5.41) is 10.4. The van der Waals surface area contributed by atoms with E-state index in [4.69, 9.17) is 0 Å². The molecule has 1 fully saturated rings. The molecule has 1 saturated heterocycles. The molecule has 22 heavy (non-hydrogen) atoms. The van der Waals surface area contributed by atoms with Gasteiger partial charge in [0.2, 0.25) is 0 Å². The van der Waals surface area contributed by atoms with Crippen molar-refractivity contribution in [2.45, 2.75) is 39.0 Å². The molecule has 4 nitrogen and oxygen atoms in total. The van der Waals surface area contributed by atoms with Crippen LogP contribution in [0, 0.1) is 6.92 Å². The van der Waals surface area contributed by atoms with Gasteiger partial charge in [0, 0.05) is 29.7 Å². The summed E-state index contributed by atoms with van der Waals surface area (Å²) >= 11 is 0. The largest absolute Gasteiger partial charge is 0.481 e. The monoisotopic (exact) mass is 298 g/mol. The highest BCUT2D eigenvalue weighted by molar-refractivity contribution is 5.95. The number of para-hydroxylation sites is 1. The number of nitrogens with zero attached hydrogens (tertiary/aromatic N) is 2. The second-order valence-electron chi connectivity index (χ2n) is 6.01. The topological polar surface area (TPSA) is 53.4 Å². The third-order valence-electron chi connectivity index (χ3n) is 4.42. The molecule has 3 rings (SSSR count). The van der Waals surface area contributed by atoms with Gasteiger partial charge in [-0.15, -0.1) is 0 Å². The minimum Gasteiger partial charge on any atom is -0.481 e. The molecule has 0 unspecified atom stereocenters. The Labute approximate surface area is 130 Å². The molecule has 0 aliphatic carbocycles. The zero-order valence-electron chi connectivity index (χ0n) is 13.0. The van der Waals surface area contributed by atoms with E-state index in [2.05, 4.69) is 16.0 Å². The maximum Gasteiger partial charge on any atom is 0.307 e. The van der Waals surface area contributed by atoms with Crippen LogP contribution in [0.25, 0.3) is 10.9 Å². The highest BCUT2D eigenvalue weighted by Crippen LogP contribution is 2.33. The van der Waals surface area contributed by atoms with Gasteiger partial charge in [-0.2, -0.15) is 0 Å². The van der Waals surface area contributed by atoms with Crippen LogP contribution >= 0.6 is 0 Å². The number of anilines is 1. The summed E-state index contributed by atoms with van der Waals surface area (Å²) in [5.41, 5.74) is 3.74. The molecular weight excluding hydrogens is 276 g/mol. The van der Waals surface area contributed by atoms with Crippen molar-refractivity contribution in [3.05, 3.63) is 35.5 Å². The quantitative estimate of drug-likeness (QED) is 0.941. The van der Waals surface area contributed by atoms with Crippen molar-refractivity contribution in [2.24, 2.45) is 0 Å². The van der Waals surface area contributed by atoms with Crippen LogP contribution in [-0.2, 0) is 11.2 Å². The minimum atomic E-state index is -0.795. The molecule has 1 N–H and O–H groups in total. The first-order valence-corrected chi connectivity index (χ1v) is 8.02. The Morgan fingerprint density at radius 2 is 1.86 bits per heavy atom. The predicted molar refractivity (Wildman–Crippen MR) is 88.5 cm³/mol. The number of carboxylic acids is 1. The first kappa shape index (κ1) is 14.8. The van der Waals surface area contributed by atoms with E-state index in [1.807, 2.05) is 25.1 Å². The molecule has 1 aliphatic rings. The average molecular weight is 298 g/mol. The van der Waals surface area contributed by atoms with E-state index in [0.717, 1.165) is 40.9 Å². The van der Waals surface area contributed by atoms with Gasteiger partial charge in [0.15, 0.2) is 0 Å². The number of benzene rings is 1. The molecule has 0 amide bonds.